The van der Waals surface area contributed by atoms with E-state index < -0.39 is 0 Å². The molecule has 0 spiro atoms. The van der Waals surface area contributed by atoms with Gasteiger partial charge in [0.1, 0.15) is 17.5 Å². The van der Waals surface area contributed by atoms with Crippen molar-refractivity contribution in [3.05, 3.63) is 46.2 Å². The minimum Gasteiger partial charge on any atom is -0.488 e. The molecule has 0 saturated carbocycles. The molecular formula is C14H18ClN3O. The summed E-state index contributed by atoms with van der Waals surface area (Å²) in [5.41, 5.74) is 8.53. The van der Waals surface area contributed by atoms with E-state index in [1.165, 1.54) is 0 Å². The smallest absolute Gasteiger partial charge is 0.133 e. The molecule has 4 nitrogen and oxygen atoms in total. The topological polar surface area (TPSA) is 53.1 Å². The Labute approximate surface area is 118 Å². The van der Waals surface area contributed by atoms with E-state index >= 15 is 0 Å². The largest absolute Gasteiger partial charge is 0.488 e. The number of hydrogen-bond donors (Lipinski definition) is 1. The van der Waals surface area contributed by atoms with E-state index in [0.717, 1.165) is 29.0 Å². The van der Waals surface area contributed by atoms with Gasteiger partial charge in [0.05, 0.1) is 5.69 Å². The lowest BCUT2D eigenvalue weighted by Crippen LogP contribution is -2.05. The summed E-state index contributed by atoms with van der Waals surface area (Å²) < 4.78 is 7.51. The van der Waals surface area contributed by atoms with Crippen molar-refractivity contribution in [2.75, 3.05) is 6.54 Å². The molecule has 1 heterocycles. The van der Waals surface area contributed by atoms with Gasteiger partial charge >= 0.3 is 0 Å². The number of nitrogens with zero attached hydrogens (tertiary/aromatic N) is 2. The van der Waals surface area contributed by atoms with Crippen molar-refractivity contribution in [3.63, 3.8) is 0 Å². The van der Waals surface area contributed by atoms with Crippen LogP contribution in [-0.2, 0) is 20.1 Å². The molecule has 102 valence electrons. The van der Waals surface area contributed by atoms with Crippen LogP contribution in [-0.4, -0.2) is 16.3 Å². The maximum Gasteiger partial charge on any atom is 0.133 e. The molecule has 0 radical (unpaired) electrons. The van der Waals surface area contributed by atoms with Gasteiger partial charge in [-0.25, -0.2) is 0 Å². The Morgan fingerprint density at radius 2 is 2.11 bits per heavy atom. The van der Waals surface area contributed by atoms with Crippen LogP contribution in [0.5, 0.6) is 5.75 Å². The molecule has 2 N–H and O–H groups in total. The van der Waals surface area contributed by atoms with Gasteiger partial charge in [0, 0.05) is 12.6 Å². The van der Waals surface area contributed by atoms with Gasteiger partial charge in [-0.15, -0.1) is 0 Å². The number of halogens is 1. The van der Waals surface area contributed by atoms with Gasteiger partial charge in [-0.2, -0.15) is 5.10 Å². The number of ether oxygens (including phenoxy) is 1. The van der Waals surface area contributed by atoms with Gasteiger partial charge in [-0.1, -0.05) is 29.8 Å². The van der Waals surface area contributed by atoms with Crippen LogP contribution < -0.4 is 10.5 Å². The zero-order chi connectivity index (χ0) is 13.8. The van der Waals surface area contributed by atoms with Crippen molar-refractivity contribution < 1.29 is 4.74 Å². The number of aryl methyl sites for hydroxylation is 2. The summed E-state index contributed by atoms with van der Waals surface area (Å²) in [6, 6.07) is 7.91. The monoisotopic (exact) mass is 279 g/mol. The highest BCUT2D eigenvalue weighted by atomic mass is 35.5. The van der Waals surface area contributed by atoms with Crippen molar-refractivity contribution in [1.29, 1.82) is 0 Å². The Hall–Kier alpha value is -1.52. The molecule has 2 rings (SSSR count). The van der Waals surface area contributed by atoms with Crippen LogP contribution >= 0.6 is 11.6 Å². The van der Waals surface area contributed by atoms with E-state index in [4.69, 9.17) is 22.1 Å². The molecule has 0 amide bonds. The van der Waals surface area contributed by atoms with E-state index in [9.17, 15) is 0 Å². The molecule has 1 aromatic heterocycles. The molecule has 5 heteroatoms. The van der Waals surface area contributed by atoms with Crippen LogP contribution in [0.2, 0.25) is 5.15 Å². The van der Waals surface area contributed by atoms with E-state index in [1.807, 2.05) is 38.2 Å². The molecule has 2 aromatic rings. The predicted octanol–water partition coefficient (Wildman–Crippen LogP) is 2.46. The van der Waals surface area contributed by atoms with Crippen molar-refractivity contribution >= 4 is 11.6 Å². The third-order valence-corrected chi connectivity index (χ3v) is 3.50. The normalized spacial score (nSPS) is 10.7. The van der Waals surface area contributed by atoms with Gasteiger partial charge in [0.2, 0.25) is 0 Å². The second-order valence-electron chi connectivity index (χ2n) is 4.41. The van der Waals surface area contributed by atoms with Gasteiger partial charge in [0.25, 0.3) is 0 Å². The third-order valence-electron chi connectivity index (χ3n) is 3.03. The fourth-order valence-corrected chi connectivity index (χ4v) is 2.22. The van der Waals surface area contributed by atoms with Crippen molar-refractivity contribution in [2.45, 2.75) is 20.0 Å². The molecule has 1 aromatic carbocycles. The molecule has 19 heavy (non-hydrogen) atoms. The first kappa shape index (κ1) is 13.9. The molecule has 0 saturated heterocycles. The fraction of sp³-hybridized carbons (Fsp3) is 0.357. The van der Waals surface area contributed by atoms with Gasteiger partial charge in [-0.05, 0) is 31.5 Å². The Morgan fingerprint density at radius 1 is 1.37 bits per heavy atom. The molecule has 0 fully saturated rings. The maximum atomic E-state index is 6.18. The van der Waals surface area contributed by atoms with Gasteiger partial charge in [0.15, 0.2) is 0 Å². The van der Waals surface area contributed by atoms with E-state index in [0.29, 0.717) is 18.3 Å². The van der Waals surface area contributed by atoms with Crippen molar-refractivity contribution in [1.82, 2.24) is 9.78 Å². The highest BCUT2D eigenvalue weighted by molar-refractivity contribution is 6.30. The number of nitrogens with two attached hydrogens (primary N) is 1. The van der Waals surface area contributed by atoms with Crippen LogP contribution in [0, 0.1) is 6.92 Å². The summed E-state index contributed by atoms with van der Waals surface area (Å²) >= 11 is 6.18. The first-order chi connectivity index (χ1) is 9.13. The molecule has 0 unspecified atom stereocenters. The first-order valence-electron chi connectivity index (χ1n) is 6.22. The van der Waals surface area contributed by atoms with Crippen molar-refractivity contribution in [3.8, 4) is 5.75 Å². The lowest BCUT2D eigenvalue weighted by Gasteiger charge is -2.10. The van der Waals surface area contributed by atoms with E-state index in [-0.39, 0.29) is 0 Å². The van der Waals surface area contributed by atoms with Gasteiger partial charge in [-0.3, -0.25) is 4.68 Å². The Kier molecular flexibility index (Phi) is 4.45. The van der Waals surface area contributed by atoms with Crippen LogP contribution in [0.15, 0.2) is 24.3 Å². The number of rotatable bonds is 5. The molecule has 0 aliphatic heterocycles. The van der Waals surface area contributed by atoms with Crippen molar-refractivity contribution in [2.24, 2.45) is 12.8 Å². The number of benzene rings is 1. The van der Waals surface area contributed by atoms with E-state index in [2.05, 4.69) is 5.10 Å². The lowest BCUT2D eigenvalue weighted by atomic mass is 10.1. The third kappa shape index (κ3) is 3.08. The van der Waals surface area contributed by atoms with Crippen LogP contribution in [0.1, 0.15) is 16.8 Å². The minimum absolute atomic E-state index is 0.417. The minimum atomic E-state index is 0.417. The maximum absolute atomic E-state index is 6.18. The fourth-order valence-electron chi connectivity index (χ4n) is 1.99. The predicted molar refractivity (Wildman–Crippen MR) is 76.5 cm³/mol. The Morgan fingerprint density at radius 3 is 2.74 bits per heavy atom. The average molecular weight is 280 g/mol. The van der Waals surface area contributed by atoms with Crippen LogP contribution in [0.3, 0.4) is 0 Å². The molecule has 0 bridgehead atoms. The lowest BCUT2D eigenvalue weighted by molar-refractivity contribution is 0.302. The van der Waals surface area contributed by atoms with Crippen LogP contribution in [0.4, 0.5) is 0 Å². The summed E-state index contributed by atoms with van der Waals surface area (Å²) in [6.45, 7) is 2.95. The highest BCUT2D eigenvalue weighted by Crippen LogP contribution is 2.23. The standard InChI is InChI=1S/C14H18ClN3O/c1-10-12(14(15)18(2)17-10)9-19-13-6-4-3-5-11(13)7-8-16/h3-6H,7-9,16H2,1-2H3. The molecule has 0 aliphatic carbocycles. The summed E-state index contributed by atoms with van der Waals surface area (Å²) in [4.78, 5) is 0. The summed E-state index contributed by atoms with van der Waals surface area (Å²) in [5, 5.41) is 4.89. The summed E-state index contributed by atoms with van der Waals surface area (Å²) in [6.07, 6.45) is 0.802. The number of hydrogen-bond acceptors (Lipinski definition) is 3. The zero-order valence-electron chi connectivity index (χ0n) is 11.2. The molecular weight excluding hydrogens is 262 g/mol. The second kappa shape index (κ2) is 6.08. The Bertz CT molecular complexity index is 566. The highest BCUT2D eigenvalue weighted by Gasteiger charge is 2.12. The van der Waals surface area contributed by atoms with E-state index in [1.54, 1.807) is 4.68 Å². The quantitative estimate of drug-likeness (QED) is 0.915. The van der Waals surface area contributed by atoms with Crippen LogP contribution in [0.25, 0.3) is 0 Å². The number of para-hydroxylation sites is 1. The summed E-state index contributed by atoms with van der Waals surface area (Å²) in [7, 11) is 1.82. The Balaban J connectivity index is 2.14. The summed E-state index contributed by atoms with van der Waals surface area (Å²) in [5.74, 6) is 0.854. The molecule has 0 aliphatic rings. The number of aromatic nitrogens is 2. The SMILES string of the molecule is Cc1nn(C)c(Cl)c1COc1ccccc1CCN. The van der Waals surface area contributed by atoms with Gasteiger partial charge < -0.3 is 10.5 Å². The average Bonchev–Trinajstić information content (AvgIpc) is 2.63. The zero-order valence-corrected chi connectivity index (χ0v) is 11.9. The first-order valence-corrected chi connectivity index (χ1v) is 6.60. The second-order valence-corrected chi connectivity index (χ2v) is 4.77. The molecule has 0 atom stereocenters.